The zero-order valence-electron chi connectivity index (χ0n) is 11.8. The maximum Gasteiger partial charge on any atom is 0.317 e. The first-order valence-electron chi connectivity index (χ1n) is 6.26. The zero-order chi connectivity index (χ0) is 15.9. The van der Waals surface area contributed by atoms with Crippen LogP contribution in [0.25, 0.3) is 4.95 Å². The van der Waals surface area contributed by atoms with Gasteiger partial charge in [-0.1, -0.05) is 12.1 Å². The summed E-state index contributed by atoms with van der Waals surface area (Å²) in [5.41, 5.74) is 0.595. The number of benzene rings is 1. The van der Waals surface area contributed by atoms with Crippen LogP contribution >= 0.6 is 23.2 Å². The summed E-state index contributed by atoms with van der Waals surface area (Å²) in [6, 6.07) is 9.24. The molecule has 0 radical (unpaired) electrons. The first-order chi connectivity index (χ1) is 9.89. The van der Waals surface area contributed by atoms with Crippen molar-refractivity contribution in [2.75, 3.05) is 13.2 Å². The lowest BCUT2D eigenvalue weighted by Gasteiger charge is -2.09. The van der Waals surface area contributed by atoms with Gasteiger partial charge in [-0.15, -0.1) is 23.2 Å². The summed E-state index contributed by atoms with van der Waals surface area (Å²) in [6.45, 7) is 3.63. The van der Waals surface area contributed by atoms with Gasteiger partial charge in [0.15, 0.2) is 0 Å². The van der Waals surface area contributed by atoms with E-state index in [1.807, 2.05) is 0 Å². The lowest BCUT2D eigenvalue weighted by molar-refractivity contribution is 0.334. The second-order valence-electron chi connectivity index (χ2n) is 4.07. The molecule has 0 atom stereocenters. The summed E-state index contributed by atoms with van der Waals surface area (Å²) in [4.78, 5) is 3.08. The Morgan fingerprint density at radius 1 is 1.43 bits per heavy atom. The Balaban J connectivity index is 2.86. The average Bonchev–Trinajstić information content (AvgIpc) is 2.42. The molecule has 0 N–H and O–H groups in total. The lowest BCUT2D eigenvalue weighted by atomic mass is 10.2. The van der Waals surface area contributed by atoms with Gasteiger partial charge in [0.2, 0.25) is 0 Å². The van der Waals surface area contributed by atoms with Gasteiger partial charge in [-0.05, 0) is 24.6 Å². The SMILES string of the molecule is CC#[N+]N(CC)S(=O)(=O)Cc1cccc(OCC(Cl)Cl)c1. The van der Waals surface area contributed by atoms with Crippen molar-refractivity contribution < 1.29 is 13.2 Å². The number of hydrogen-bond donors (Lipinski definition) is 0. The van der Waals surface area contributed by atoms with Gasteiger partial charge in [-0.3, -0.25) is 0 Å². The van der Waals surface area contributed by atoms with Crippen molar-refractivity contribution in [3.05, 3.63) is 34.8 Å². The molecular weight excluding hydrogens is 335 g/mol. The fourth-order valence-corrected chi connectivity index (χ4v) is 3.09. The van der Waals surface area contributed by atoms with Crippen molar-refractivity contribution in [3.8, 4) is 11.8 Å². The first kappa shape index (κ1) is 17.9. The Morgan fingerprint density at radius 2 is 2.14 bits per heavy atom. The van der Waals surface area contributed by atoms with Crippen LogP contribution < -0.4 is 4.74 Å². The fraction of sp³-hybridized carbons (Fsp3) is 0.462. The van der Waals surface area contributed by atoms with Crippen molar-refractivity contribution in [2.24, 2.45) is 0 Å². The maximum absolute atomic E-state index is 12.2. The quantitative estimate of drug-likeness (QED) is 0.559. The van der Waals surface area contributed by atoms with E-state index in [0.29, 0.717) is 11.3 Å². The Bertz CT molecular complexity index is 624. The molecule has 0 amide bonds. The van der Waals surface area contributed by atoms with Crippen LogP contribution in [0.3, 0.4) is 0 Å². The van der Waals surface area contributed by atoms with Gasteiger partial charge >= 0.3 is 6.07 Å². The molecule has 0 unspecified atom stereocenters. The predicted octanol–water partition coefficient (Wildman–Crippen LogP) is 3.29. The molecule has 21 heavy (non-hydrogen) atoms. The summed E-state index contributed by atoms with van der Waals surface area (Å²) in [5.74, 6) is 0.344. The molecule has 0 saturated heterocycles. The molecule has 5 nitrogen and oxygen atoms in total. The van der Waals surface area contributed by atoms with Crippen LogP contribution in [0.2, 0.25) is 0 Å². The van der Waals surface area contributed by atoms with E-state index in [4.69, 9.17) is 27.9 Å². The van der Waals surface area contributed by atoms with Crippen molar-refractivity contribution in [2.45, 2.75) is 24.4 Å². The maximum atomic E-state index is 12.2. The number of sulfonamides is 1. The van der Waals surface area contributed by atoms with Gasteiger partial charge in [-0.2, -0.15) is 0 Å². The van der Waals surface area contributed by atoms with Gasteiger partial charge in [0.25, 0.3) is 10.0 Å². The third kappa shape index (κ3) is 6.00. The highest BCUT2D eigenvalue weighted by molar-refractivity contribution is 7.88. The van der Waals surface area contributed by atoms with E-state index < -0.39 is 14.9 Å². The number of ether oxygens (including phenoxy) is 1. The highest BCUT2D eigenvalue weighted by Gasteiger charge is 2.27. The molecule has 0 aliphatic carbocycles. The van der Waals surface area contributed by atoms with Crippen LogP contribution in [0.1, 0.15) is 19.4 Å². The van der Waals surface area contributed by atoms with Crippen LogP contribution in [0, 0.1) is 6.07 Å². The smallest absolute Gasteiger partial charge is 0.317 e. The summed E-state index contributed by atoms with van der Waals surface area (Å²) in [6.07, 6.45) is 0. The molecule has 116 valence electrons. The minimum absolute atomic E-state index is 0.134. The van der Waals surface area contributed by atoms with E-state index in [1.165, 1.54) is 0 Å². The Kier molecular flexibility index (Phi) is 7.09. The molecule has 8 heteroatoms. The predicted molar refractivity (Wildman–Crippen MR) is 85.4 cm³/mol. The Hall–Kier alpha value is -1.16. The largest absolute Gasteiger partial charge is 0.491 e. The Morgan fingerprint density at radius 3 is 2.71 bits per heavy atom. The van der Waals surface area contributed by atoms with E-state index in [1.54, 1.807) is 38.1 Å². The number of halogens is 2. The molecule has 0 aliphatic rings. The summed E-state index contributed by atoms with van der Waals surface area (Å²) < 4.78 is 30.8. The molecule has 0 bridgehead atoms. The molecule has 1 aromatic carbocycles. The average molecular weight is 352 g/mol. The second-order valence-corrected chi connectivity index (χ2v) is 7.22. The molecule has 0 aliphatic heterocycles. The van der Waals surface area contributed by atoms with Gasteiger partial charge in [0.1, 0.15) is 29.5 Å². The highest BCUT2D eigenvalue weighted by atomic mass is 35.5. The minimum Gasteiger partial charge on any atom is -0.491 e. The van der Waals surface area contributed by atoms with Crippen LogP contribution in [0.15, 0.2) is 24.3 Å². The third-order valence-corrected chi connectivity index (χ3v) is 4.36. The standard InChI is InChI=1S/C13H17Cl2N2O3S/c1-3-16-17(4-2)21(18,19)10-11-6-5-7-12(8-11)20-9-13(14)15/h5-8,13H,4,9-10H2,1-2H3/q+1. The van der Waals surface area contributed by atoms with Crippen molar-refractivity contribution in [1.82, 2.24) is 4.41 Å². The summed E-state index contributed by atoms with van der Waals surface area (Å²) in [5, 5.41) is 0. The minimum atomic E-state index is -3.54. The van der Waals surface area contributed by atoms with Crippen molar-refractivity contribution in [1.29, 1.82) is 0 Å². The van der Waals surface area contributed by atoms with Gasteiger partial charge < -0.3 is 4.74 Å². The number of alkyl halides is 2. The number of rotatable bonds is 7. The monoisotopic (exact) mass is 351 g/mol. The van der Waals surface area contributed by atoms with E-state index in [-0.39, 0.29) is 18.9 Å². The molecule has 0 saturated carbocycles. The van der Waals surface area contributed by atoms with E-state index in [9.17, 15) is 8.42 Å². The molecule has 0 spiro atoms. The molecule has 0 fully saturated rings. The summed E-state index contributed by atoms with van der Waals surface area (Å²) >= 11 is 11.2. The van der Waals surface area contributed by atoms with Crippen LogP contribution in [-0.2, 0) is 15.8 Å². The zero-order valence-corrected chi connectivity index (χ0v) is 14.1. The van der Waals surface area contributed by atoms with Crippen LogP contribution in [0.4, 0.5) is 0 Å². The van der Waals surface area contributed by atoms with Crippen molar-refractivity contribution >= 4 is 33.2 Å². The van der Waals surface area contributed by atoms with Gasteiger partial charge in [0.05, 0.1) is 11.9 Å². The topological polar surface area (TPSA) is 51.0 Å². The highest BCUT2D eigenvalue weighted by Crippen LogP contribution is 2.18. The van der Waals surface area contributed by atoms with E-state index in [0.717, 1.165) is 4.41 Å². The molecule has 0 aromatic heterocycles. The molecule has 1 aromatic rings. The second kappa shape index (κ2) is 8.32. The normalized spacial score (nSPS) is 10.9. The van der Waals surface area contributed by atoms with E-state index in [2.05, 4.69) is 11.0 Å². The number of hydrogen-bond acceptors (Lipinski definition) is 3. The third-order valence-electron chi connectivity index (χ3n) is 2.43. The van der Waals surface area contributed by atoms with E-state index >= 15 is 0 Å². The summed E-state index contributed by atoms with van der Waals surface area (Å²) in [7, 11) is -3.54. The van der Waals surface area contributed by atoms with Crippen LogP contribution in [-0.4, -0.2) is 30.8 Å². The van der Waals surface area contributed by atoms with Crippen LogP contribution in [0.5, 0.6) is 5.75 Å². The molecule has 1 rings (SSSR count). The van der Waals surface area contributed by atoms with Gasteiger partial charge in [-0.25, -0.2) is 8.42 Å². The number of nitrogens with zero attached hydrogens (tertiary/aromatic N) is 2. The fourth-order valence-electron chi connectivity index (χ4n) is 1.61. The van der Waals surface area contributed by atoms with Crippen molar-refractivity contribution in [3.63, 3.8) is 0 Å². The van der Waals surface area contributed by atoms with Gasteiger partial charge in [0, 0.05) is 4.41 Å². The molecule has 0 heterocycles. The first-order valence-corrected chi connectivity index (χ1v) is 8.75. The lowest BCUT2D eigenvalue weighted by Crippen LogP contribution is -2.25. The Labute approximate surface area is 135 Å². The molecular formula is C13H17Cl2N2O3S+.